The molecule has 1 aromatic rings. The van der Waals surface area contributed by atoms with Gasteiger partial charge in [-0.15, -0.1) is 6.58 Å². The maximum absolute atomic E-state index is 12.5. The molecular formula is C18H26N2O2. The molecular weight excluding hydrogens is 276 g/mol. The second-order valence-corrected chi connectivity index (χ2v) is 6.20. The van der Waals surface area contributed by atoms with Crippen LogP contribution in [0.15, 0.2) is 55.1 Å². The highest BCUT2D eigenvalue weighted by Gasteiger charge is 2.26. The van der Waals surface area contributed by atoms with E-state index in [9.17, 15) is 4.79 Å². The van der Waals surface area contributed by atoms with Crippen molar-refractivity contribution in [2.45, 2.75) is 33.3 Å². The van der Waals surface area contributed by atoms with Gasteiger partial charge in [0.1, 0.15) is 5.60 Å². The van der Waals surface area contributed by atoms with E-state index < -0.39 is 11.7 Å². The Kier molecular flexibility index (Phi) is 6.23. The van der Waals surface area contributed by atoms with Gasteiger partial charge in [0.15, 0.2) is 0 Å². The van der Waals surface area contributed by atoms with Crippen molar-refractivity contribution in [3.8, 4) is 0 Å². The lowest BCUT2D eigenvalue weighted by Gasteiger charge is -2.37. The van der Waals surface area contributed by atoms with Crippen molar-refractivity contribution in [3.05, 3.63) is 55.1 Å². The number of amides is 1. The third-order valence-electron chi connectivity index (χ3n) is 2.67. The number of anilines is 1. The number of para-hydroxylation sites is 1. The summed E-state index contributed by atoms with van der Waals surface area (Å²) in [5.41, 5.74) is 1.29. The van der Waals surface area contributed by atoms with E-state index in [-0.39, 0.29) is 0 Å². The van der Waals surface area contributed by atoms with Crippen molar-refractivity contribution in [2.75, 3.05) is 18.1 Å². The molecule has 4 nitrogen and oxygen atoms in total. The predicted octanol–water partition coefficient (Wildman–Crippen LogP) is 4.41. The Labute approximate surface area is 133 Å². The third kappa shape index (κ3) is 5.64. The van der Waals surface area contributed by atoms with E-state index >= 15 is 0 Å². The van der Waals surface area contributed by atoms with E-state index in [1.807, 2.05) is 63.0 Å². The van der Waals surface area contributed by atoms with Crippen LogP contribution in [0.25, 0.3) is 0 Å². The molecule has 0 fully saturated rings. The van der Waals surface area contributed by atoms with Gasteiger partial charge in [0.25, 0.3) is 0 Å². The minimum absolute atomic E-state index is 0.358. The van der Waals surface area contributed by atoms with E-state index in [0.717, 1.165) is 11.3 Å². The van der Waals surface area contributed by atoms with Crippen molar-refractivity contribution in [2.24, 2.45) is 0 Å². The fourth-order valence-electron chi connectivity index (χ4n) is 1.88. The average molecular weight is 302 g/mol. The zero-order valence-corrected chi connectivity index (χ0v) is 14.0. The summed E-state index contributed by atoms with van der Waals surface area (Å²) in [7, 11) is 0. The third-order valence-corrected chi connectivity index (χ3v) is 2.67. The molecule has 4 heteroatoms. The van der Waals surface area contributed by atoms with Gasteiger partial charge in [-0.1, -0.05) is 36.4 Å². The Balaban J connectivity index is 3.12. The summed E-state index contributed by atoms with van der Waals surface area (Å²) >= 11 is 0. The second kappa shape index (κ2) is 7.69. The molecule has 0 saturated heterocycles. The van der Waals surface area contributed by atoms with Crippen molar-refractivity contribution >= 4 is 11.8 Å². The summed E-state index contributed by atoms with van der Waals surface area (Å²) in [5, 5.41) is 3.40. The molecule has 0 aliphatic rings. The topological polar surface area (TPSA) is 32.8 Å². The second-order valence-electron chi connectivity index (χ2n) is 6.20. The Morgan fingerprint density at radius 1 is 1.27 bits per heavy atom. The standard InChI is InChI=1S/C18H26N2O2/c1-7-13-19(17(21)22-18(4,5)6)20(14-15(2)3)16-11-9-8-10-12-16/h7-12H,1-2,13-14H2,3-6H3. The van der Waals surface area contributed by atoms with Gasteiger partial charge in [0.05, 0.1) is 18.8 Å². The highest BCUT2D eigenvalue weighted by atomic mass is 16.6. The van der Waals surface area contributed by atoms with Gasteiger partial charge >= 0.3 is 6.09 Å². The van der Waals surface area contributed by atoms with Crippen LogP contribution in [0.3, 0.4) is 0 Å². The lowest BCUT2D eigenvalue weighted by Crippen LogP contribution is -2.49. The van der Waals surface area contributed by atoms with Crippen LogP contribution in [0.2, 0.25) is 0 Å². The summed E-state index contributed by atoms with van der Waals surface area (Å²) in [6.07, 6.45) is 1.27. The highest BCUT2D eigenvalue weighted by Crippen LogP contribution is 2.20. The van der Waals surface area contributed by atoms with Crippen LogP contribution in [0.4, 0.5) is 10.5 Å². The van der Waals surface area contributed by atoms with Crippen molar-refractivity contribution in [1.29, 1.82) is 0 Å². The number of hydrazine groups is 1. The van der Waals surface area contributed by atoms with E-state index in [0.29, 0.717) is 13.1 Å². The van der Waals surface area contributed by atoms with Gasteiger partial charge < -0.3 is 4.74 Å². The fraction of sp³-hybridized carbons (Fsp3) is 0.389. The Hall–Kier alpha value is -2.23. The van der Waals surface area contributed by atoms with E-state index in [1.54, 1.807) is 11.1 Å². The average Bonchev–Trinajstić information content (AvgIpc) is 2.41. The van der Waals surface area contributed by atoms with Gasteiger partial charge in [-0.3, -0.25) is 5.01 Å². The number of ether oxygens (including phenoxy) is 1. The maximum atomic E-state index is 12.5. The van der Waals surface area contributed by atoms with E-state index in [4.69, 9.17) is 4.74 Å². The van der Waals surface area contributed by atoms with Crippen molar-refractivity contribution in [1.82, 2.24) is 5.01 Å². The SMILES string of the molecule is C=CCN(C(=O)OC(C)(C)C)N(CC(=C)C)c1ccccc1. The summed E-state index contributed by atoms with van der Waals surface area (Å²) in [6.45, 7) is 16.0. The Morgan fingerprint density at radius 3 is 2.32 bits per heavy atom. The molecule has 1 amide bonds. The predicted molar refractivity (Wildman–Crippen MR) is 91.7 cm³/mol. The van der Waals surface area contributed by atoms with Gasteiger partial charge in [-0.25, -0.2) is 9.80 Å². The first-order valence-electron chi connectivity index (χ1n) is 7.33. The lowest BCUT2D eigenvalue weighted by atomic mass is 10.2. The number of carbonyl (C=O) groups is 1. The van der Waals surface area contributed by atoms with E-state index in [2.05, 4.69) is 13.2 Å². The first kappa shape index (κ1) is 17.8. The molecule has 1 rings (SSSR count). The molecule has 0 saturated carbocycles. The number of carbonyl (C=O) groups excluding carboxylic acids is 1. The monoisotopic (exact) mass is 302 g/mol. The van der Waals surface area contributed by atoms with Crippen LogP contribution in [0.1, 0.15) is 27.7 Å². The van der Waals surface area contributed by atoms with Gasteiger partial charge in [0.2, 0.25) is 0 Å². The van der Waals surface area contributed by atoms with Crippen LogP contribution in [-0.4, -0.2) is 29.8 Å². The largest absolute Gasteiger partial charge is 0.442 e. The Morgan fingerprint density at radius 2 is 1.86 bits per heavy atom. The molecule has 1 aromatic carbocycles. The maximum Gasteiger partial charge on any atom is 0.429 e. The molecule has 0 unspecified atom stereocenters. The van der Waals surface area contributed by atoms with E-state index in [1.165, 1.54) is 0 Å². The van der Waals surface area contributed by atoms with Crippen LogP contribution in [-0.2, 0) is 4.74 Å². The quantitative estimate of drug-likeness (QED) is 0.576. The number of nitrogens with zero attached hydrogens (tertiary/aromatic N) is 2. The minimum Gasteiger partial charge on any atom is -0.442 e. The fourth-order valence-corrected chi connectivity index (χ4v) is 1.88. The molecule has 0 N–H and O–H groups in total. The minimum atomic E-state index is -0.553. The lowest BCUT2D eigenvalue weighted by molar-refractivity contribution is 0.0252. The summed E-state index contributed by atoms with van der Waals surface area (Å²) in [5.74, 6) is 0. The van der Waals surface area contributed by atoms with Crippen LogP contribution >= 0.6 is 0 Å². The normalized spacial score (nSPS) is 10.7. The zero-order valence-electron chi connectivity index (χ0n) is 14.0. The molecule has 0 aliphatic heterocycles. The summed E-state index contributed by atoms with van der Waals surface area (Å²) in [4.78, 5) is 12.5. The molecule has 0 aromatic heterocycles. The molecule has 0 bridgehead atoms. The molecule has 120 valence electrons. The molecule has 0 aliphatic carbocycles. The van der Waals surface area contributed by atoms with Crippen molar-refractivity contribution < 1.29 is 9.53 Å². The molecule has 0 atom stereocenters. The van der Waals surface area contributed by atoms with Crippen LogP contribution in [0, 0.1) is 0 Å². The molecule has 0 heterocycles. The number of rotatable bonds is 6. The first-order chi connectivity index (χ1) is 10.2. The highest BCUT2D eigenvalue weighted by molar-refractivity contribution is 5.71. The van der Waals surface area contributed by atoms with Crippen LogP contribution < -0.4 is 5.01 Å². The first-order valence-corrected chi connectivity index (χ1v) is 7.33. The molecule has 0 spiro atoms. The van der Waals surface area contributed by atoms with Crippen LogP contribution in [0.5, 0.6) is 0 Å². The number of hydrogen-bond acceptors (Lipinski definition) is 3. The van der Waals surface area contributed by atoms with Gasteiger partial charge in [-0.2, -0.15) is 0 Å². The zero-order chi connectivity index (χ0) is 16.8. The van der Waals surface area contributed by atoms with Gasteiger partial charge in [-0.05, 0) is 39.8 Å². The number of benzene rings is 1. The molecule has 0 radical (unpaired) electrons. The van der Waals surface area contributed by atoms with Crippen molar-refractivity contribution in [3.63, 3.8) is 0 Å². The Bertz CT molecular complexity index is 518. The number of hydrogen-bond donors (Lipinski definition) is 0. The molecule has 22 heavy (non-hydrogen) atoms. The van der Waals surface area contributed by atoms with Gasteiger partial charge in [0, 0.05) is 0 Å². The summed E-state index contributed by atoms with van der Waals surface area (Å²) < 4.78 is 5.50. The summed E-state index contributed by atoms with van der Waals surface area (Å²) in [6, 6.07) is 9.70. The smallest absolute Gasteiger partial charge is 0.429 e.